The minimum Gasteiger partial charge on any atom is -0.314 e. The Morgan fingerprint density at radius 2 is 1.81 bits per heavy atom. The second kappa shape index (κ2) is 8.48. The number of benzene rings is 1. The fourth-order valence-electron chi connectivity index (χ4n) is 1.80. The molecule has 1 aromatic rings. The zero-order valence-corrected chi connectivity index (χ0v) is 14.2. The second-order valence-corrected chi connectivity index (χ2v) is 7.46. The fourth-order valence-corrected chi connectivity index (χ4v) is 2.74. The van der Waals surface area contributed by atoms with Gasteiger partial charge in [-0.05, 0) is 25.5 Å². The molecule has 1 rings (SSSR count). The van der Waals surface area contributed by atoms with Crippen molar-refractivity contribution in [2.24, 2.45) is 0 Å². The van der Waals surface area contributed by atoms with Gasteiger partial charge < -0.3 is 5.32 Å². The average molecular weight is 313 g/mol. The van der Waals surface area contributed by atoms with Gasteiger partial charge in [0.15, 0.2) is 0 Å². The van der Waals surface area contributed by atoms with Crippen LogP contribution in [0.2, 0.25) is 0 Å². The smallest absolute Gasteiger partial charge is 0.279 e. The van der Waals surface area contributed by atoms with Crippen molar-refractivity contribution >= 4 is 10.2 Å². The molecule has 0 amide bonds. The zero-order chi connectivity index (χ0) is 15.9. The van der Waals surface area contributed by atoms with E-state index in [-0.39, 0.29) is 0 Å². The average Bonchev–Trinajstić information content (AvgIpc) is 2.42. The molecule has 0 radical (unpaired) electrons. The van der Waals surface area contributed by atoms with Gasteiger partial charge in [0, 0.05) is 26.2 Å². The fraction of sp³-hybridized carbons (Fsp3) is 0.600. The van der Waals surface area contributed by atoms with Crippen LogP contribution < -0.4 is 10.0 Å². The van der Waals surface area contributed by atoms with Crippen molar-refractivity contribution in [1.29, 1.82) is 0 Å². The first-order valence-electron chi connectivity index (χ1n) is 7.31. The van der Waals surface area contributed by atoms with E-state index in [0.717, 1.165) is 24.1 Å². The summed E-state index contributed by atoms with van der Waals surface area (Å²) in [5.41, 5.74) is 2.12. The third kappa shape index (κ3) is 7.04. The van der Waals surface area contributed by atoms with Crippen LogP contribution in [-0.4, -0.2) is 38.9 Å². The van der Waals surface area contributed by atoms with Crippen molar-refractivity contribution in [2.45, 2.75) is 39.8 Å². The van der Waals surface area contributed by atoms with Crippen LogP contribution in [-0.2, 0) is 16.8 Å². The Labute approximate surface area is 128 Å². The minimum absolute atomic E-state index is 0.317. The van der Waals surface area contributed by atoms with Gasteiger partial charge in [0.2, 0.25) is 0 Å². The molecule has 6 heteroatoms. The second-order valence-electron chi connectivity index (χ2n) is 5.60. The van der Waals surface area contributed by atoms with Crippen molar-refractivity contribution < 1.29 is 8.42 Å². The summed E-state index contributed by atoms with van der Waals surface area (Å²) in [4.78, 5) is 0. The molecule has 0 aliphatic rings. The van der Waals surface area contributed by atoms with Crippen LogP contribution in [0.4, 0.5) is 0 Å². The van der Waals surface area contributed by atoms with Gasteiger partial charge in [0.1, 0.15) is 0 Å². The number of nitrogens with one attached hydrogen (secondary N) is 2. The van der Waals surface area contributed by atoms with E-state index >= 15 is 0 Å². The molecular weight excluding hydrogens is 286 g/mol. The van der Waals surface area contributed by atoms with E-state index in [1.54, 1.807) is 7.05 Å². The molecule has 1 aromatic carbocycles. The molecule has 0 saturated carbocycles. The Hall–Kier alpha value is -0.950. The van der Waals surface area contributed by atoms with Crippen molar-refractivity contribution in [1.82, 2.24) is 14.3 Å². The summed E-state index contributed by atoms with van der Waals surface area (Å²) in [6, 6.07) is 8.25. The normalized spacial score (nSPS) is 12.3. The standard InChI is InChI=1S/C15H27N3O2S/c1-13(2)16-10-5-11-18(4)21(19,20)17-12-15-8-6-14(3)7-9-15/h6-9,13,16-17H,5,10-12H2,1-4H3. The number of hydrogen-bond acceptors (Lipinski definition) is 3. The van der Waals surface area contributed by atoms with Gasteiger partial charge >= 0.3 is 0 Å². The molecule has 0 fully saturated rings. The van der Waals surface area contributed by atoms with E-state index in [1.807, 2.05) is 31.2 Å². The summed E-state index contributed by atoms with van der Waals surface area (Å²) in [6.07, 6.45) is 0.792. The lowest BCUT2D eigenvalue weighted by molar-refractivity contribution is 0.439. The van der Waals surface area contributed by atoms with E-state index < -0.39 is 10.2 Å². The first-order valence-corrected chi connectivity index (χ1v) is 8.75. The van der Waals surface area contributed by atoms with E-state index in [9.17, 15) is 8.42 Å². The summed E-state index contributed by atoms with van der Waals surface area (Å²) in [6.45, 7) is 7.79. The highest BCUT2D eigenvalue weighted by atomic mass is 32.2. The lowest BCUT2D eigenvalue weighted by Crippen LogP contribution is -2.39. The predicted molar refractivity (Wildman–Crippen MR) is 87.3 cm³/mol. The largest absolute Gasteiger partial charge is 0.314 e. The van der Waals surface area contributed by atoms with Crippen LogP contribution in [0.3, 0.4) is 0 Å². The van der Waals surface area contributed by atoms with Crippen LogP contribution in [0, 0.1) is 6.92 Å². The summed E-state index contributed by atoms with van der Waals surface area (Å²) < 4.78 is 28.2. The number of nitrogens with zero attached hydrogens (tertiary/aromatic N) is 1. The third-order valence-corrected chi connectivity index (χ3v) is 4.70. The molecule has 0 spiro atoms. The van der Waals surface area contributed by atoms with E-state index in [0.29, 0.717) is 19.1 Å². The number of aryl methyl sites for hydroxylation is 1. The van der Waals surface area contributed by atoms with Gasteiger partial charge in [-0.25, -0.2) is 0 Å². The van der Waals surface area contributed by atoms with Crippen molar-refractivity contribution in [2.75, 3.05) is 20.1 Å². The molecule has 2 N–H and O–H groups in total. The van der Waals surface area contributed by atoms with Crippen molar-refractivity contribution in [3.8, 4) is 0 Å². The first-order chi connectivity index (χ1) is 9.81. The molecule has 0 saturated heterocycles. The molecule has 0 aliphatic heterocycles. The molecule has 5 nitrogen and oxygen atoms in total. The Morgan fingerprint density at radius 3 is 2.38 bits per heavy atom. The predicted octanol–water partition coefficient (Wildman–Crippen LogP) is 1.65. The number of rotatable bonds is 9. The van der Waals surface area contributed by atoms with Gasteiger partial charge in [0.25, 0.3) is 10.2 Å². The Kier molecular flexibility index (Phi) is 7.31. The van der Waals surface area contributed by atoms with E-state index in [4.69, 9.17) is 0 Å². The van der Waals surface area contributed by atoms with Gasteiger partial charge in [-0.15, -0.1) is 0 Å². The van der Waals surface area contributed by atoms with E-state index in [2.05, 4.69) is 23.9 Å². The maximum absolute atomic E-state index is 12.1. The number of hydrogen-bond donors (Lipinski definition) is 2. The molecule has 120 valence electrons. The SMILES string of the molecule is Cc1ccc(CNS(=O)(=O)N(C)CCCNC(C)C)cc1. The van der Waals surface area contributed by atoms with Crippen molar-refractivity contribution in [3.63, 3.8) is 0 Å². The summed E-state index contributed by atoms with van der Waals surface area (Å²) in [7, 11) is -1.81. The molecule has 0 aromatic heterocycles. The molecule has 21 heavy (non-hydrogen) atoms. The summed E-state index contributed by atoms with van der Waals surface area (Å²) >= 11 is 0. The maximum atomic E-state index is 12.1. The van der Waals surface area contributed by atoms with Crippen LogP contribution in [0.25, 0.3) is 0 Å². The monoisotopic (exact) mass is 313 g/mol. The van der Waals surface area contributed by atoms with Crippen LogP contribution in [0.15, 0.2) is 24.3 Å². The Morgan fingerprint density at radius 1 is 1.19 bits per heavy atom. The highest BCUT2D eigenvalue weighted by Gasteiger charge is 2.16. The lowest BCUT2D eigenvalue weighted by atomic mass is 10.2. The highest BCUT2D eigenvalue weighted by molar-refractivity contribution is 7.87. The Bertz CT molecular complexity index is 512. The maximum Gasteiger partial charge on any atom is 0.279 e. The van der Waals surface area contributed by atoms with Gasteiger partial charge in [-0.1, -0.05) is 43.7 Å². The molecule has 0 bridgehead atoms. The Balaban J connectivity index is 2.39. The molecule has 0 unspecified atom stereocenters. The lowest BCUT2D eigenvalue weighted by Gasteiger charge is -2.18. The van der Waals surface area contributed by atoms with E-state index in [1.165, 1.54) is 4.31 Å². The van der Waals surface area contributed by atoms with Crippen LogP contribution >= 0.6 is 0 Å². The van der Waals surface area contributed by atoms with Gasteiger partial charge in [-0.2, -0.15) is 17.4 Å². The minimum atomic E-state index is -3.41. The summed E-state index contributed by atoms with van der Waals surface area (Å²) in [5.74, 6) is 0. The van der Waals surface area contributed by atoms with Gasteiger partial charge in [0.05, 0.1) is 0 Å². The van der Waals surface area contributed by atoms with Crippen LogP contribution in [0.1, 0.15) is 31.4 Å². The molecule has 0 aliphatic carbocycles. The van der Waals surface area contributed by atoms with Crippen molar-refractivity contribution in [3.05, 3.63) is 35.4 Å². The first kappa shape index (κ1) is 18.1. The molecular formula is C15H27N3O2S. The van der Waals surface area contributed by atoms with Crippen LogP contribution in [0.5, 0.6) is 0 Å². The molecule has 0 atom stereocenters. The highest BCUT2D eigenvalue weighted by Crippen LogP contribution is 2.04. The zero-order valence-electron chi connectivity index (χ0n) is 13.4. The quantitative estimate of drug-likeness (QED) is 0.682. The molecule has 0 heterocycles. The van der Waals surface area contributed by atoms with Gasteiger partial charge in [-0.3, -0.25) is 0 Å². The summed E-state index contributed by atoms with van der Waals surface area (Å²) in [5, 5.41) is 3.27. The third-order valence-electron chi connectivity index (χ3n) is 3.19. The topological polar surface area (TPSA) is 61.4 Å².